The number of anilines is 1. The lowest BCUT2D eigenvalue weighted by Gasteiger charge is -2.35. The third-order valence-electron chi connectivity index (χ3n) is 5.83. The molecule has 0 saturated heterocycles. The molecule has 38 heavy (non-hydrogen) atoms. The van der Waals surface area contributed by atoms with E-state index in [-0.39, 0.29) is 12.3 Å². The Morgan fingerprint density at radius 1 is 1.08 bits per heavy atom. The van der Waals surface area contributed by atoms with E-state index in [0.717, 1.165) is 12.0 Å². The van der Waals surface area contributed by atoms with E-state index in [1.54, 1.807) is 56.8 Å². The summed E-state index contributed by atoms with van der Waals surface area (Å²) in [6, 6.07) is 11.9. The molecule has 0 spiro atoms. The second kappa shape index (κ2) is 14.7. The largest absolute Gasteiger partial charge is 0.508 e. The Morgan fingerprint density at radius 3 is 2.34 bits per heavy atom. The minimum atomic E-state index is -1.12. The van der Waals surface area contributed by atoms with Gasteiger partial charge in [-0.25, -0.2) is 4.79 Å². The molecule has 9 heteroatoms. The van der Waals surface area contributed by atoms with E-state index in [9.17, 15) is 19.5 Å². The van der Waals surface area contributed by atoms with Gasteiger partial charge in [0.15, 0.2) is 0 Å². The zero-order chi connectivity index (χ0) is 28.3. The number of para-hydroxylation sites is 2. The number of ether oxygens (including phenoxy) is 1. The van der Waals surface area contributed by atoms with Crippen molar-refractivity contribution in [1.82, 2.24) is 10.2 Å². The van der Waals surface area contributed by atoms with Crippen LogP contribution in [0.1, 0.15) is 64.1 Å². The van der Waals surface area contributed by atoms with Crippen molar-refractivity contribution in [1.29, 1.82) is 0 Å². The van der Waals surface area contributed by atoms with Crippen LogP contribution in [0.3, 0.4) is 0 Å². The molecule has 0 aliphatic rings. The van der Waals surface area contributed by atoms with Crippen LogP contribution in [0.5, 0.6) is 5.75 Å². The Balaban J connectivity index is 2.52. The van der Waals surface area contributed by atoms with Crippen LogP contribution in [-0.2, 0) is 14.3 Å². The van der Waals surface area contributed by atoms with Gasteiger partial charge in [0.1, 0.15) is 23.4 Å². The van der Waals surface area contributed by atoms with Gasteiger partial charge in [0.05, 0.1) is 0 Å². The van der Waals surface area contributed by atoms with Crippen LogP contribution in [-0.4, -0.2) is 58.1 Å². The second-order valence-corrected chi connectivity index (χ2v) is 11.1. The van der Waals surface area contributed by atoms with Gasteiger partial charge in [-0.3, -0.25) is 9.59 Å². The summed E-state index contributed by atoms with van der Waals surface area (Å²) in [4.78, 5) is 42.0. The minimum absolute atomic E-state index is 0.0903. The van der Waals surface area contributed by atoms with Gasteiger partial charge >= 0.3 is 6.09 Å². The number of hydrogen-bond acceptors (Lipinski definition) is 6. The maximum atomic E-state index is 14.1. The molecule has 3 amide bonds. The van der Waals surface area contributed by atoms with Crippen LogP contribution in [0.4, 0.5) is 10.5 Å². The molecular weight excluding hydrogens is 502 g/mol. The van der Waals surface area contributed by atoms with E-state index < -0.39 is 35.6 Å². The summed E-state index contributed by atoms with van der Waals surface area (Å²) in [6.45, 7) is 9.40. The SMILES string of the molecule is CCCCN(C(=O)C(CCSC)NC(=O)OC(C)(C)C)C(C(=O)Nc1ccccc1C)c1ccccc1O. The molecule has 0 aliphatic heterocycles. The molecule has 2 aromatic rings. The van der Waals surface area contributed by atoms with Crippen LogP contribution in [0, 0.1) is 6.92 Å². The number of carbonyl (C=O) groups excluding carboxylic acids is 3. The lowest BCUT2D eigenvalue weighted by molar-refractivity contribution is -0.141. The van der Waals surface area contributed by atoms with Gasteiger partial charge < -0.3 is 25.4 Å². The highest BCUT2D eigenvalue weighted by atomic mass is 32.2. The van der Waals surface area contributed by atoms with Gasteiger partial charge in [0, 0.05) is 17.8 Å². The molecule has 0 heterocycles. The zero-order valence-corrected chi connectivity index (χ0v) is 24.1. The van der Waals surface area contributed by atoms with Gasteiger partial charge in [0.2, 0.25) is 5.91 Å². The Bertz CT molecular complexity index is 1090. The lowest BCUT2D eigenvalue weighted by atomic mass is 10.0. The van der Waals surface area contributed by atoms with Crippen molar-refractivity contribution >= 4 is 35.4 Å². The summed E-state index contributed by atoms with van der Waals surface area (Å²) in [5, 5.41) is 16.4. The molecule has 2 atom stereocenters. The Hall–Kier alpha value is -3.20. The average molecular weight is 544 g/mol. The third-order valence-corrected chi connectivity index (χ3v) is 6.47. The maximum Gasteiger partial charge on any atom is 0.408 e. The Morgan fingerprint density at radius 2 is 1.74 bits per heavy atom. The van der Waals surface area contributed by atoms with Gasteiger partial charge in [0.25, 0.3) is 5.91 Å². The molecule has 3 N–H and O–H groups in total. The molecule has 2 rings (SSSR count). The normalized spacial score (nSPS) is 12.8. The molecule has 8 nitrogen and oxygen atoms in total. The van der Waals surface area contributed by atoms with Crippen LogP contribution in [0.25, 0.3) is 0 Å². The Labute approximate surface area is 230 Å². The third kappa shape index (κ3) is 9.28. The first-order valence-electron chi connectivity index (χ1n) is 12.9. The van der Waals surface area contributed by atoms with Gasteiger partial charge in [-0.2, -0.15) is 11.8 Å². The van der Waals surface area contributed by atoms with Crippen molar-refractivity contribution in [3.63, 3.8) is 0 Å². The number of nitrogens with zero attached hydrogens (tertiary/aromatic N) is 1. The molecular formula is C29H41N3O5S. The molecule has 0 bridgehead atoms. The standard InChI is InChI=1S/C29H41N3O5S/c1-7-8-18-32(27(35)23(17-19-38-6)31-28(36)37-29(3,4)5)25(21-14-10-12-16-24(21)33)26(34)30-22-15-11-9-13-20(22)2/h9-16,23,25,33H,7-8,17-19H2,1-6H3,(H,30,34)(H,31,36). The molecule has 0 radical (unpaired) electrons. The van der Waals surface area contributed by atoms with Crippen molar-refractivity contribution in [3.05, 3.63) is 59.7 Å². The summed E-state index contributed by atoms with van der Waals surface area (Å²) in [5.74, 6) is -0.338. The zero-order valence-electron chi connectivity index (χ0n) is 23.2. The number of aryl methyl sites for hydroxylation is 1. The van der Waals surface area contributed by atoms with E-state index in [0.29, 0.717) is 29.8 Å². The second-order valence-electron chi connectivity index (χ2n) is 10.1. The number of nitrogens with one attached hydrogen (secondary N) is 2. The smallest absolute Gasteiger partial charge is 0.408 e. The van der Waals surface area contributed by atoms with Gasteiger partial charge in [-0.15, -0.1) is 0 Å². The molecule has 0 aliphatic carbocycles. The van der Waals surface area contributed by atoms with E-state index in [4.69, 9.17) is 4.74 Å². The molecule has 2 aromatic carbocycles. The Kier molecular flexibility index (Phi) is 12.0. The highest BCUT2D eigenvalue weighted by Gasteiger charge is 2.37. The molecule has 0 aromatic heterocycles. The van der Waals surface area contributed by atoms with Crippen molar-refractivity contribution in [2.75, 3.05) is 23.9 Å². The lowest BCUT2D eigenvalue weighted by Crippen LogP contribution is -2.52. The first-order chi connectivity index (χ1) is 18.0. The van der Waals surface area contributed by atoms with Crippen LogP contribution in [0.15, 0.2) is 48.5 Å². The van der Waals surface area contributed by atoms with Gasteiger partial charge in [-0.05, 0) is 70.2 Å². The number of aromatic hydroxyl groups is 1. The van der Waals surface area contributed by atoms with Crippen LogP contribution >= 0.6 is 11.8 Å². The molecule has 0 saturated carbocycles. The van der Waals surface area contributed by atoms with Crippen molar-refractivity contribution < 1.29 is 24.2 Å². The monoisotopic (exact) mass is 543 g/mol. The quantitative estimate of drug-likeness (QED) is 0.319. The number of alkyl carbamates (subject to hydrolysis) is 1. The number of thioether (sulfide) groups is 1. The summed E-state index contributed by atoms with van der Waals surface area (Å²) in [6.07, 6.45) is 3.00. The predicted octanol–water partition coefficient (Wildman–Crippen LogP) is 5.66. The first kappa shape index (κ1) is 31.0. The van der Waals surface area contributed by atoms with Crippen LogP contribution < -0.4 is 10.6 Å². The summed E-state index contributed by atoms with van der Waals surface area (Å²) in [7, 11) is 0. The topological polar surface area (TPSA) is 108 Å². The maximum absolute atomic E-state index is 14.1. The van der Waals surface area contributed by atoms with E-state index >= 15 is 0 Å². The number of rotatable bonds is 12. The molecule has 0 fully saturated rings. The van der Waals surface area contributed by atoms with E-state index in [2.05, 4.69) is 10.6 Å². The number of phenolic OH excluding ortho intramolecular Hbond substituents is 1. The fourth-order valence-electron chi connectivity index (χ4n) is 3.92. The summed E-state index contributed by atoms with van der Waals surface area (Å²) in [5.41, 5.74) is 1.06. The predicted molar refractivity (Wildman–Crippen MR) is 153 cm³/mol. The number of phenols is 1. The fraction of sp³-hybridized carbons (Fsp3) is 0.483. The summed E-state index contributed by atoms with van der Waals surface area (Å²) >= 11 is 1.55. The number of hydrogen-bond donors (Lipinski definition) is 3. The fourth-order valence-corrected chi connectivity index (χ4v) is 4.39. The number of carbonyl (C=O) groups is 3. The number of unbranched alkanes of at least 4 members (excludes halogenated alkanes) is 1. The number of amides is 3. The first-order valence-corrected chi connectivity index (χ1v) is 14.3. The minimum Gasteiger partial charge on any atom is -0.508 e. The van der Waals surface area contributed by atoms with E-state index in [1.807, 2.05) is 38.3 Å². The summed E-state index contributed by atoms with van der Waals surface area (Å²) < 4.78 is 5.42. The van der Waals surface area contributed by atoms with Crippen molar-refractivity contribution in [2.24, 2.45) is 0 Å². The van der Waals surface area contributed by atoms with Crippen LogP contribution in [0.2, 0.25) is 0 Å². The molecule has 208 valence electrons. The van der Waals surface area contributed by atoms with Crippen molar-refractivity contribution in [3.8, 4) is 5.75 Å². The van der Waals surface area contributed by atoms with E-state index in [1.165, 1.54) is 11.0 Å². The van der Waals surface area contributed by atoms with Crippen molar-refractivity contribution in [2.45, 2.75) is 71.6 Å². The number of benzene rings is 2. The van der Waals surface area contributed by atoms with Gasteiger partial charge in [-0.1, -0.05) is 49.7 Å². The highest BCUT2D eigenvalue weighted by Crippen LogP contribution is 2.31. The molecule has 2 unspecified atom stereocenters. The average Bonchev–Trinajstić information content (AvgIpc) is 2.85. The highest BCUT2D eigenvalue weighted by molar-refractivity contribution is 7.98.